The Morgan fingerprint density at radius 3 is 2.86 bits per heavy atom. The molecule has 0 unspecified atom stereocenters. The van der Waals surface area contributed by atoms with Crippen molar-refractivity contribution in [2.24, 2.45) is 0 Å². The zero-order valence-corrected chi connectivity index (χ0v) is 11.4. The Bertz CT molecular complexity index is 309. The third-order valence-corrected chi connectivity index (χ3v) is 4.12. The standard InChI is InChI=1S/C10H13BrClNS/c1-7(2)3-4-13-6-8-5-9(11)10(12)14-8/h3,5,13H,4,6H2,1-2H3. The monoisotopic (exact) mass is 293 g/mol. The molecule has 0 aromatic carbocycles. The summed E-state index contributed by atoms with van der Waals surface area (Å²) in [6, 6.07) is 2.06. The molecule has 4 heteroatoms. The van der Waals surface area contributed by atoms with Crippen LogP contribution in [0.1, 0.15) is 18.7 Å². The van der Waals surface area contributed by atoms with Crippen molar-refractivity contribution in [1.82, 2.24) is 5.32 Å². The van der Waals surface area contributed by atoms with Gasteiger partial charge in [0.05, 0.1) is 0 Å². The van der Waals surface area contributed by atoms with E-state index >= 15 is 0 Å². The second kappa shape index (κ2) is 5.91. The van der Waals surface area contributed by atoms with Crippen molar-refractivity contribution >= 4 is 38.9 Å². The van der Waals surface area contributed by atoms with Crippen LogP contribution in [-0.4, -0.2) is 6.54 Å². The number of hydrogen-bond donors (Lipinski definition) is 1. The predicted octanol–water partition coefficient (Wildman–Crippen LogP) is 4.22. The quantitative estimate of drug-likeness (QED) is 0.647. The highest BCUT2D eigenvalue weighted by Crippen LogP contribution is 2.31. The van der Waals surface area contributed by atoms with E-state index in [1.54, 1.807) is 11.3 Å². The summed E-state index contributed by atoms with van der Waals surface area (Å²) in [5, 5.41) is 3.33. The van der Waals surface area contributed by atoms with Gasteiger partial charge in [0.15, 0.2) is 0 Å². The van der Waals surface area contributed by atoms with E-state index < -0.39 is 0 Å². The molecule has 1 N–H and O–H groups in total. The van der Waals surface area contributed by atoms with Crippen molar-refractivity contribution in [3.63, 3.8) is 0 Å². The molecular formula is C10H13BrClNS. The topological polar surface area (TPSA) is 12.0 Å². The average molecular weight is 295 g/mol. The minimum atomic E-state index is 0.823. The van der Waals surface area contributed by atoms with E-state index in [1.165, 1.54) is 10.5 Å². The zero-order valence-electron chi connectivity index (χ0n) is 8.23. The molecule has 0 saturated heterocycles. The van der Waals surface area contributed by atoms with Crippen molar-refractivity contribution in [2.75, 3.05) is 6.54 Å². The first kappa shape index (κ1) is 12.2. The van der Waals surface area contributed by atoms with E-state index in [0.29, 0.717) is 0 Å². The van der Waals surface area contributed by atoms with Crippen LogP contribution in [-0.2, 0) is 6.54 Å². The first-order valence-electron chi connectivity index (χ1n) is 4.37. The van der Waals surface area contributed by atoms with Crippen LogP contribution in [0.3, 0.4) is 0 Å². The van der Waals surface area contributed by atoms with Crippen molar-refractivity contribution in [1.29, 1.82) is 0 Å². The molecular weight excluding hydrogens is 282 g/mol. The van der Waals surface area contributed by atoms with Gasteiger partial charge >= 0.3 is 0 Å². The van der Waals surface area contributed by atoms with Crippen molar-refractivity contribution in [3.8, 4) is 0 Å². The van der Waals surface area contributed by atoms with Crippen LogP contribution in [0.2, 0.25) is 4.34 Å². The van der Waals surface area contributed by atoms with E-state index in [0.717, 1.165) is 21.9 Å². The summed E-state index contributed by atoms with van der Waals surface area (Å²) in [5.74, 6) is 0. The minimum absolute atomic E-state index is 0.823. The second-order valence-corrected chi connectivity index (χ2v) is 5.84. The number of allylic oxidation sites excluding steroid dienone is 1. The molecule has 0 aliphatic heterocycles. The van der Waals surface area contributed by atoms with Crippen LogP contribution in [0.5, 0.6) is 0 Å². The van der Waals surface area contributed by atoms with Crippen molar-refractivity contribution < 1.29 is 0 Å². The molecule has 0 spiro atoms. The highest BCUT2D eigenvalue weighted by molar-refractivity contribution is 9.10. The summed E-state index contributed by atoms with van der Waals surface area (Å²) >= 11 is 10.9. The molecule has 0 aliphatic rings. The molecule has 0 bridgehead atoms. The molecule has 1 aromatic rings. The second-order valence-electron chi connectivity index (χ2n) is 3.25. The Kier molecular flexibility index (Phi) is 5.17. The first-order chi connectivity index (χ1) is 6.59. The van der Waals surface area contributed by atoms with E-state index in [4.69, 9.17) is 11.6 Å². The van der Waals surface area contributed by atoms with Gasteiger partial charge in [-0.25, -0.2) is 0 Å². The fourth-order valence-electron chi connectivity index (χ4n) is 0.950. The van der Waals surface area contributed by atoms with Gasteiger partial charge in [-0.05, 0) is 35.8 Å². The molecule has 1 rings (SSSR count). The molecule has 0 fully saturated rings. The molecule has 0 amide bonds. The van der Waals surface area contributed by atoms with Crippen LogP contribution in [0, 0.1) is 0 Å². The van der Waals surface area contributed by atoms with Crippen molar-refractivity contribution in [3.05, 3.63) is 31.4 Å². The molecule has 1 aromatic heterocycles. The fraction of sp³-hybridized carbons (Fsp3) is 0.400. The van der Waals surface area contributed by atoms with Gasteiger partial charge in [0, 0.05) is 22.4 Å². The summed E-state index contributed by atoms with van der Waals surface area (Å²) < 4.78 is 1.81. The van der Waals surface area contributed by atoms with Crippen LogP contribution >= 0.6 is 38.9 Å². The molecule has 0 atom stereocenters. The number of thiophene rings is 1. The normalized spacial score (nSPS) is 10.3. The average Bonchev–Trinajstić information content (AvgIpc) is 2.40. The van der Waals surface area contributed by atoms with Crippen LogP contribution in [0.25, 0.3) is 0 Å². The van der Waals surface area contributed by atoms with E-state index in [9.17, 15) is 0 Å². The van der Waals surface area contributed by atoms with Gasteiger partial charge in [-0.3, -0.25) is 0 Å². The van der Waals surface area contributed by atoms with Gasteiger partial charge in [-0.1, -0.05) is 23.3 Å². The maximum atomic E-state index is 5.92. The number of halogens is 2. The lowest BCUT2D eigenvalue weighted by atomic mass is 10.3. The summed E-state index contributed by atoms with van der Waals surface area (Å²) in [5.41, 5.74) is 1.34. The highest BCUT2D eigenvalue weighted by atomic mass is 79.9. The van der Waals surface area contributed by atoms with Gasteiger partial charge in [0.2, 0.25) is 0 Å². The van der Waals surface area contributed by atoms with Crippen molar-refractivity contribution in [2.45, 2.75) is 20.4 Å². The first-order valence-corrected chi connectivity index (χ1v) is 6.36. The number of nitrogens with one attached hydrogen (secondary N) is 1. The molecule has 0 radical (unpaired) electrons. The molecule has 1 heterocycles. The third-order valence-electron chi connectivity index (χ3n) is 1.65. The summed E-state index contributed by atoms with van der Waals surface area (Å²) in [6.07, 6.45) is 2.17. The Balaban J connectivity index is 2.35. The van der Waals surface area contributed by atoms with Gasteiger partial charge in [-0.2, -0.15) is 0 Å². The smallest absolute Gasteiger partial charge is 0.107 e. The van der Waals surface area contributed by atoms with Crippen LogP contribution in [0.15, 0.2) is 22.2 Å². The lowest BCUT2D eigenvalue weighted by Crippen LogP contribution is -2.11. The fourth-order valence-corrected chi connectivity index (χ4v) is 2.71. The summed E-state index contributed by atoms with van der Waals surface area (Å²) in [6.45, 7) is 5.98. The zero-order chi connectivity index (χ0) is 10.6. The molecule has 0 aliphatic carbocycles. The van der Waals surface area contributed by atoms with Gasteiger partial charge in [0.1, 0.15) is 4.34 Å². The Morgan fingerprint density at radius 1 is 1.64 bits per heavy atom. The Labute approximate surface area is 102 Å². The van der Waals surface area contributed by atoms with E-state index in [2.05, 4.69) is 47.2 Å². The number of hydrogen-bond acceptors (Lipinski definition) is 2. The predicted molar refractivity (Wildman–Crippen MR) is 68.2 cm³/mol. The summed E-state index contributed by atoms with van der Waals surface area (Å²) in [4.78, 5) is 1.25. The molecule has 0 saturated carbocycles. The Morgan fingerprint density at radius 2 is 2.36 bits per heavy atom. The van der Waals surface area contributed by atoms with Gasteiger partial charge < -0.3 is 5.32 Å². The van der Waals surface area contributed by atoms with E-state index in [-0.39, 0.29) is 0 Å². The maximum absolute atomic E-state index is 5.92. The third kappa shape index (κ3) is 4.13. The lowest BCUT2D eigenvalue weighted by molar-refractivity contribution is 0.767. The van der Waals surface area contributed by atoms with Crippen LogP contribution in [0.4, 0.5) is 0 Å². The molecule has 78 valence electrons. The number of rotatable bonds is 4. The lowest BCUT2D eigenvalue weighted by Gasteiger charge is -1.98. The van der Waals surface area contributed by atoms with Gasteiger partial charge in [-0.15, -0.1) is 11.3 Å². The molecule has 1 nitrogen and oxygen atoms in total. The summed E-state index contributed by atoms with van der Waals surface area (Å²) in [7, 11) is 0. The maximum Gasteiger partial charge on any atom is 0.107 e. The Hall–Kier alpha value is 0.170. The van der Waals surface area contributed by atoms with Crippen LogP contribution < -0.4 is 5.32 Å². The van der Waals surface area contributed by atoms with Gasteiger partial charge in [0.25, 0.3) is 0 Å². The molecule has 14 heavy (non-hydrogen) atoms. The highest BCUT2D eigenvalue weighted by Gasteiger charge is 2.02. The SMILES string of the molecule is CC(C)=CCNCc1cc(Br)c(Cl)s1. The largest absolute Gasteiger partial charge is 0.308 e. The minimum Gasteiger partial charge on any atom is -0.308 e. The van der Waals surface area contributed by atoms with E-state index in [1.807, 2.05) is 0 Å².